The fraction of sp³-hybridized carbons (Fsp3) is 0.429. The number of nitrogens with zero attached hydrogens (tertiary/aromatic N) is 4. The molecule has 1 saturated carbocycles. The molecule has 1 fully saturated rings. The lowest BCUT2D eigenvalue weighted by Gasteiger charge is -2.41. The minimum atomic E-state index is -3.82. The van der Waals surface area contributed by atoms with Gasteiger partial charge < -0.3 is 10.0 Å². The molecule has 0 aliphatic heterocycles. The summed E-state index contributed by atoms with van der Waals surface area (Å²) in [5.41, 5.74) is 1.25. The smallest absolute Gasteiger partial charge is 0.269 e. The van der Waals surface area contributed by atoms with Crippen LogP contribution in [0.2, 0.25) is 0 Å². The minimum absolute atomic E-state index is 0.0469. The predicted molar refractivity (Wildman–Crippen MR) is 125 cm³/mol. The van der Waals surface area contributed by atoms with E-state index in [9.17, 15) is 16.8 Å². The maximum Gasteiger partial charge on any atom is 0.269 e. The quantitative estimate of drug-likeness (QED) is 0.455. The van der Waals surface area contributed by atoms with Gasteiger partial charge in [0.25, 0.3) is 10.0 Å². The topological polar surface area (TPSA) is 134 Å². The van der Waals surface area contributed by atoms with E-state index in [0.717, 1.165) is 9.54 Å². The third-order valence-corrected chi connectivity index (χ3v) is 9.12. The van der Waals surface area contributed by atoms with Crippen molar-refractivity contribution in [1.29, 1.82) is 0 Å². The Hall–Kier alpha value is -2.54. The summed E-state index contributed by atoms with van der Waals surface area (Å²) in [7, 11) is -5.38. The first-order valence-corrected chi connectivity index (χ1v) is 13.7. The second-order valence-electron chi connectivity index (χ2n) is 8.31. The molecule has 0 unspecified atom stereocenters. The summed E-state index contributed by atoms with van der Waals surface area (Å²) >= 11 is 0. The van der Waals surface area contributed by atoms with Gasteiger partial charge in [-0.1, -0.05) is 17.7 Å². The molecule has 1 aliphatic rings. The Morgan fingerprint density at radius 2 is 1.82 bits per heavy atom. The highest BCUT2D eigenvalue weighted by atomic mass is 32.2. The monoisotopic (exact) mass is 493 g/mol. The SMILES string of the molecule is Cc1ccc(S(=O)(=O)n2ccc3c(N(C)[C@H]4C[C@@H](NS(=O)(=O)CCCO)C4)ncnc32)cc1. The molecule has 1 aliphatic carbocycles. The Morgan fingerprint density at radius 1 is 1.12 bits per heavy atom. The van der Waals surface area contributed by atoms with Crippen molar-refractivity contribution in [3.8, 4) is 0 Å². The van der Waals surface area contributed by atoms with Gasteiger partial charge in [-0.05, 0) is 44.4 Å². The number of benzene rings is 1. The molecule has 0 atom stereocenters. The number of fused-ring (bicyclic) bond motifs is 1. The van der Waals surface area contributed by atoms with E-state index in [1.54, 1.807) is 30.3 Å². The van der Waals surface area contributed by atoms with Crippen LogP contribution in [0, 0.1) is 6.92 Å². The number of hydrogen-bond donors (Lipinski definition) is 2. The van der Waals surface area contributed by atoms with E-state index < -0.39 is 20.0 Å². The number of aliphatic hydroxyl groups is 1. The first-order valence-electron chi connectivity index (χ1n) is 10.6. The van der Waals surface area contributed by atoms with Crippen molar-refractivity contribution in [3.05, 3.63) is 48.4 Å². The Balaban J connectivity index is 1.53. The normalized spacial score (nSPS) is 18.9. The standard InChI is InChI=1S/C21H27N5O5S2/c1-15-4-6-18(7-5-15)33(30,31)26-9-8-19-20(22-14-23-21(19)26)25(2)17-12-16(13-17)24-32(28,29)11-3-10-27/h4-9,14,16-17,24,27H,3,10-13H2,1-2H3/t16-,17+. The number of nitrogens with one attached hydrogen (secondary N) is 1. The Morgan fingerprint density at radius 3 is 2.48 bits per heavy atom. The molecule has 12 heteroatoms. The van der Waals surface area contributed by atoms with Gasteiger partial charge in [-0.25, -0.2) is 35.5 Å². The van der Waals surface area contributed by atoms with Gasteiger partial charge in [-0.3, -0.25) is 0 Å². The molecular weight excluding hydrogens is 466 g/mol. The summed E-state index contributed by atoms with van der Waals surface area (Å²) in [4.78, 5) is 10.7. The molecule has 10 nitrogen and oxygen atoms in total. The zero-order chi connectivity index (χ0) is 23.8. The third-order valence-electron chi connectivity index (χ3n) is 5.92. The second-order valence-corrected chi connectivity index (χ2v) is 12.0. The van der Waals surface area contributed by atoms with Crippen molar-refractivity contribution in [2.24, 2.45) is 0 Å². The van der Waals surface area contributed by atoms with E-state index in [1.807, 2.05) is 18.9 Å². The molecule has 0 bridgehead atoms. The summed E-state index contributed by atoms with van der Waals surface area (Å²) in [5.74, 6) is 0.486. The molecule has 0 radical (unpaired) electrons. The summed E-state index contributed by atoms with van der Waals surface area (Å²) in [5, 5.41) is 9.44. The van der Waals surface area contributed by atoms with Crippen molar-refractivity contribution in [3.63, 3.8) is 0 Å². The number of aromatic nitrogens is 3. The van der Waals surface area contributed by atoms with Crippen molar-refractivity contribution < 1.29 is 21.9 Å². The average Bonchev–Trinajstić information content (AvgIpc) is 3.19. The van der Waals surface area contributed by atoms with Gasteiger partial charge in [0.15, 0.2) is 5.65 Å². The Labute approximate surface area is 193 Å². The van der Waals surface area contributed by atoms with Crippen LogP contribution in [-0.2, 0) is 20.0 Å². The minimum Gasteiger partial charge on any atom is -0.396 e. The fourth-order valence-corrected chi connectivity index (χ4v) is 6.58. The highest BCUT2D eigenvalue weighted by Gasteiger charge is 2.36. The number of anilines is 1. The zero-order valence-electron chi connectivity index (χ0n) is 18.4. The van der Waals surface area contributed by atoms with E-state index in [2.05, 4.69) is 14.7 Å². The number of aryl methyl sites for hydroxylation is 1. The van der Waals surface area contributed by atoms with Crippen LogP contribution in [0.15, 0.2) is 47.8 Å². The van der Waals surface area contributed by atoms with Crippen LogP contribution in [0.5, 0.6) is 0 Å². The van der Waals surface area contributed by atoms with E-state index in [0.29, 0.717) is 24.0 Å². The molecule has 2 aromatic heterocycles. The molecule has 178 valence electrons. The molecule has 0 saturated heterocycles. The van der Waals surface area contributed by atoms with Crippen molar-refractivity contribution >= 4 is 36.9 Å². The van der Waals surface area contributed by atoms with E-state index >= 15 is 0 Å². The van der Waals surface area contributed by atoms with Gasteiger partial charge in [-0.15, -0.1) is 0 Å². The molecule has 33 heavy (non-hydrogen) atoms. The lowest BCUT2D eigenvalue weighted by atomic mass is 9.86. The molecule has 4 rings (SSSR count). The molecule has 2 N–H and O–H groups in total. The highest BCUT2D eigenvalue weighted by molar-refractivity contribution is 7.90. The number of hydrogen-bond acceptors (Lipinski definition) is 8. The van der Waals surface area contributed by atoms with Gasteiger partial charge in [0, 0.05) is 31.9 Å². The zero-order valence-corrected chi connectivity index (χ0v) is 20.1. The molecule has 1 aromatic carbocycles. The van der Waals surface area contributed by atoms with E-state index in [4.69, 9.17) is 5.11 Å². The van der Waals surface area contributed by atoms with Crippen molar-refractivity contribution in [2.75, 3.05) is 24.3 Å². The fourth-order valence-electron chi connectivity index (χ4n) is 3.95. The van der Waals surface area contributed by atoms with Crippen molar-refractivity contribution in [2.45, 2.75) is 43.2 Å². The summed E-state index contributed by atoms with van der Waals surface area (Å²) in [6.07, 6.45) is 4.21. The number of aliphatic hydroxyl groups excluding tert-OH is 1. The highest BCUT2D eigenvalue weighted by Crippen LogP contribution is 2.33. The first-order chi connectivity index (χ1) is 15.6. The molecular formula is C21H27N5O5S2. The Bertz CT molecular complexity index is 1350. The van der Waals surface area contributed by atoms with Crippen LogP contribution < -0.4 is 9.62 Å². The van der Waals surface area contributed by atoms with Crippen LogP contribution in [0.4, 0.5) is 5.82 Å². The van der Waals surface area contributed by atoms with Crippen LogP contribution in [-0.4, -0.2) is 67.4 Å². The van der Waals surface area contributed by atoms with Crippen LogP contribution in [0.3, 0.4) is 0 Å². The largest absolute Gasteiger partial charge is 0.396 e. The summed E-state index contributed by atoms with van der Waals surface area (Å²) in [6.45, 7) is 1.72. The molecule has 0 amide bonds. The summed E-state index contributed by atoms with van der Waals surface area (Å²) in [6, 6.07) is 8.19. The maximum atomic E-state index is 13.2. The predicted octanol–water partition coefficient (Wildman–Crippen LogP) is 1.25. The van der Waals surface area contributed by atoms with Crippen LogP contribution in [0.25, 0.3) is 11.0 Å². The van der Waals surface area contributed by atoms with Crippen LogP contribution >= 0.6 is 0 Å². The van der Waals surface area contributed by atoms with E-state index in [-0.39, 0.29) is 41.4 Å². The molecule has 3 aromatic rings. The van der Waals surface area contributed by atoms with Gasteiger partial charge >= 0.3 is 0 Å². The Kier molecular flexibility index (Phi) is 6.45. The van der Waals surface area contributed by atoms with Gasteiger partial charge in [-0.2, -0.15) is 0 Å². The van der Waals surface area contributed by atoms with Gasteiger partial charge in [0.05, 0.1) is 16.0 Å². The van der Waals surface area contributed by atoms with Gasteiger partial charge in [0.2, 0.25) is 10.0 Å². The molecule has 0 spiro atoms. The maximum absolute atomic E-state index is 13.2. The lowest BCUT2D eigenvalue weighted by Crippen LogP contribution is -2.53. The molecule has 2 heterocycles. The van der Waals surface area contributed by atoms with Crippen molar-refractivity contribution in [1.82, 2.24) is 18.7 Å². The summed E-state index contributed by atoms with van der Waals surface area (Å²) < 4.78 is 54.2. The first kappa shape index (κ1) is 23.6. The van der Waals surface area contributed by atoms with E-state index in [1.165, 1.54) is 12.5 Å². The lowest BCUT2D eigenvalue weighted by molar-refractivity contribution is 0.293. The average molecular weight is 494 g/mol. The van der Waals surface area contributed by atoms with Crippen LogP contribution in [0.1, 0.15) is 24.8 Å². The number of sulfonamides is 1. The second kappa shape index (κ2) is 9.01. The van der Waals surface area contributed by atoms with Gasteiger partial charge in [0.1, 0.15) is 12.1 Å². The third kappa shape index (κ3) is 4.74. The number of rotatable bonds is 9.